The number of benzene rings is 1. The summed E-state index contributed by atoms with van der Waals surface area (Å²) in [5.74, 6) is 2.24. The summed E-state index contributed by atoms with van der Waals surface area (Å²) in [5.41, 5.74) is 3.40. The lowest BCUT2D eigenvalue weighted by Gasteiger charge is -2.57. The average molecular weight is 403 g/mol. The number of nitrogens with zero attached hydrogens (tertiary/aromatic N) is 6. The van der Waals surface area contributed by atoms with Crippen molar-refractivity contribution in [3.63, 3.8) is 0 Å². The summed E-state index contributed by atoms with van der Waals surface area (Å²) in [7, 11) is 0. The number of aromatic nitrogens is 3. The molecule has 1 aromatic heterocycles. The van der Waals surface area contributed by atoms with Crippen LogP contribution in [0.15, 0.2) is 47.1 Å². The third kappa shape index (κ3) is 2.82. The zero-order chi connectivity index (χ0) is 20.3. The summed E-state index contributed by atoms with van der Waals surface area (Å²) < 4.78 is 1.48. The SMILES string of the molecule is CC1=NN(c2ccc(C34CC5CC(CC(C5)C3)C4)cc2)C(=O)C1C=Nn1cnnc1. The minimum absolute atomic E-state index is 0.0770. The molecule has 1 unspecified atom stereocenters. The Morgan fingerprint density at radius 3 is 2.20 bits per heavy atom. The highest BCUT2D eigenvalue weighted by atomic mass is 16.2. The number of hydrazone groups is 1. The molecule has 4 bridgehead atoms. The van der Waals surface area contributed by atoms with Gasteiger partial charge in [-0.25, -0.2) is 4.68 Å². The van der Waals surface area contributed by atoms with Crippen LogP contribution in [-0.4, -0.2) is 32.7 Å². The molecule has 4 fully saturated rings. The molecule has 4 saturated carbocycles. The van der Waals surface area contributed by atoms with Gasteiger partial charge in [-0.1, -0.05) is 12.1 Å². The third-order valence-electron chi connectivity index (χ3n) is 7.70. The van der Waals surface area contributed by atoms with Gasteiger partial charge in [-0.05, 0) is 86.3 Å². The summed E-state index contributed by atoms with van der Waals surface area (Å²) in [5, 5.41) is 17.7. The number of rotatable bonds is 4. The van der Waals surface area contributed by atoms with Crippen LogP contribution in [0.1, 0.15) is 51.0 Å². The van der Waals surface area contributed by atoms with Gasteiger partial charge in [0, 0.05) is 6.21 Å². The second-order valence-corrected chi connectivity index (χ2v) is 9.72. The average Bonchev–Trinajstić information content (AvgIpc) is 3.34. The van der Waals surface area contributed by atoms with Gasteiger partial charge in [-0.2, -0.15) is 15.2 Å². The molecule has 0 saturated heterocycles. The van der Waals surface area contributed by atoms with E-state index in [1.807, 2.05) is 6.92 Å². The van der Waals surface area contributed by atoms with Crippen molar-refractivity contribution < 1.29 is 4.79 Å². The van der Waals surface area contributed by atoms with Crippen LogP contribution in [0.25, 0.3) is 0 Å². The van der Waals surface area contributed by atoms with Gasteiger partial charge in [0.25, 0.3) is 5.91 Å². The third-order valence-corrected chi connectivity index (χ3v) is 7.70. The summed E-state index contributed by atoms with van der Waals surface area (Å²) in [4.78, 5) is 13.0. The van der Waals surface area contributed by atoms with Gasteiger partial charge in [-0.3, -0.25) is 4.79 Å². The van der Waals surface area contributed by atoms with Crippen molar-refractivity contribution in [1.29, 1.82) is 0 Å². The lowest BCUT2D eigenvalue weighted by atomic mass is 9.48. The lowest BCUT2D eigenvalue weighted by Crippen LogP contribution is -2.48. The predicted octanol–water partition coefficient (Wildman–Crippen LogP) is 3.62. The number of amides is 1. The highest BCUT2D eigenvalue weighted by Gasteiger charge is 2.51. The molecule has 0 radical (unpaired) electrons. The van der Waals surface area contributed by atoms with E-state index in [0.717, 1.165) is 29.2 Å². The first-order valence-electron chi connectivity index (χ1n) is 11.0. The second-order valence-electron chi connectivity index (χ2n) is 9.72. The van der Waals surface area contributed by atoms with Crippen LogP contribution in [0.3, 0.4) is 0 Å². The molecule has 2 aromatic rings. The molecule has 5 aliphatic rings. The van der Waals surface area contributed by atoms with Crippen LogP contribution < -0.4 is 5.01 Å². The molecular formula is C23H26N6O. The molecule has 1 aromatic carbocycles. The van der Waals surface area contributed by atoms with Crippen molar-refractivity contribution in [2.45, 2.75) is 50.9 Å². The van der Waals surface area contributed by atoms with E-state index in [1.165, 1.54) is 66.4 Å². The van der Waals surface area contributed by atoms with Crippen LogP contribution in [0.5, 0.6) is 0 Å². The maximum atomic E-state index is 13.0. The highest BCUT2D eigenvalue weighted by molar-refractivity contribution is 6.23. The Morgan fingerprint density at radius 2 is 1.60 bits per heavy atom. The van der Waals surface area contributed by atoms with E-state index in [-0.39, 0.29) is 5.91 Å². The first-order chi connectivity index (χ1) is 14.6. The number of anilines is 1. The molecule has 0 spiro atoms. The standard InChI is InChI=1S/C23H26N6O/c1-15-21(12-26-28-13-24-25-14-28)22(30)29(27-15)20-4-2-19(3-5-20)23-9-16-6-17(10-23)8-18(7-16)11-23/h2-5,12-14,16-18,21H,6-11H2,1H3. The molecule has 1 amide bonds. The van der Waals surface area contributed by atoms with E-state index < -0.39 is 5.92 Å². The van der Waals surface area contributed by atoms with Crippen molar-refractivity contribution in [2.75, 3.05) is 5.01 Å². The summed E-state index contributed by atoms with van der Waals surface area (Å²) in [6.45, 7) is 1.87. The van der Waals surface area contributed by atoms with Crippen LogP contribution in [0.4, 0.5) is 5.69 Å². The fourth-order valence-electron chi connectivity index (χ4n) is 6.76. The second kappa shape index (κ2) is 6.59. The summed E-state index contributed by atoms with van der Waals surface area (Å²) in [6, 6.07) is 8.64. The maximum Gasteiger partial charge on any atom is 0.261 e. The molecule has 7 rings (SSSR count). The van der Waals surface area contributed by atoms with Gasteiger partial charge in [0.1, 0.15) is 18.6 Å². The highest BCUT2D eigenvalue weighted by Crippen LogP contribution is 2.60. The zero-order valence-corrected chi connectivity index (χ0v) is 17.2. The number of hydrogen-bond acceptors (Lipinski definition) is 5. The summed E-state index contributed by atoms with van der Waals surface area (Å²) >= 11 is 0. The lowest BCUT2D eigenvalue weighted by molar-refractivity contribution is -0.118. The Hall–Kier alpha value is -2.83. The Kier molecular flexibility index (Phi) is 3.95. The van der Waals surface area contributed by atoms with Crippen LogP contribution in [-0.2, 0) is 10.2 Å². The van der Waals surface area contributed by atoms with Crippen molar-refractivity contribution in [3.8, 4) is 0 Å². The van der Waals surface area contributed by atoms with Crippen LogP contribution >= 0.6 is 0 Å². The van der Waals surface area contributed by atoms with Crippen LogP contribution in [0.2, 0.25) is 0 Å². The monoisotopic (exact) mass is 402 g/mol. The van der Waals surface area contributed by atoms with E-state index >= 15 is 0 Å². The van der Waals surface area contributed by atoms with E-state index in [9.17, 15) is 4.79 Å². The number of carbonyl (C=O) groups excluding carboxylic acids is 1. The maximum absolute atomic E-state index is 13.0. The molecule has 1 aliphatic heterocycles. The molecule has 30 heavy (non-hydrogen) atoms. The molecule has 7 heteroatoms. The van der Waals surface area contributed by atoms with E-state index in [1.54, 1.807) is 6.21 Å². The molecule has 154 valence electrons. The van der Waals surface area contributed by atoms with Gasteiger partial charge in [0.15, 0.2) is 0 Å². The Bertz CT molecular complexity index is 987. The number of hydrogen-bond donors (Lipinski definition) is 0. The van der Waals surface area contributed by atoms with Gasteiger partial charge in [-0.15, -0.1) is 10.2 Å². The molecular weight excluding hydrogens is 376 g/mol. The van der Waals surface area contributed by atoms with Crippen molar-refractivity contribution in [3.05, 3.63) is 42.5 Å². The first-order valence-corrected chi connectivity index (χ1v) is 11.0. The van der Waals surface area contributed by atoms with Crippen LogP contribution in [0, 0.1) is 23.7 Å². The minimum Gasteiger partial charge on any atom is -0.271 e. The largest absolute Gasteiger partial charge is 0.271 e. The van der Waals surface area contributed by atoms with E-state index in [4.69, 9.17) is 0 Å². The van der Waals surface area contributed by atoms with E-state index in [0.29, 0.717) is 5.41 Å². The minimum atomic E-state index is -0.463. The van der Waals surface area contributed by atoms with Gasteiger partial charge >= 0.3 is 0 Å². The Labute approximate surface area is 175 Å². The molecule has 7 nitrogen and oxygen atoms in total. The fraction of sp³-hybridized carbons (Fsp3) is 0.522. The van der Waals surface area contributed by atoms with Crippen molar-refractivity contribution in [1.82, 2.24) is 14.9 Å². The van der Waals surface area contributed by atoms with Gasteiger partial charge < -0.3 is 0 Å². The van der Waals surface area contributed by atoms with E-state index in [2.05, 4.69) is 44.7 Å². The Morgan fingerprint density at radius 1 is 1.00 bits per heavy atom. The van der Waals surface area contributed by atoms with Gasteiger partial charge in [0.2, 0.25) is 0 Å². The fourth-order valence-corrected chi connectivity index (χ4v) is 6.76. The van der Waals surface area contributed by atoms with Crippen molar-refractivity contribution in [2.24, 2.45) is 33.9 Å². The number of carbonyl (C=O) groups is 1. The smallest absolute Gasteiger partial charge is 0.261 e. The predicted molar refractivity (Wildman–Crippen MR) is 114 cm³/mol. The quantitative estimate of drug-likeness (QED) is 0.733. The Balaban J connectivity index is 1.22. The normalized spacial score (nSPS) is 34.9. The summed E-state index contributed by atoms with van der Waals surface area (Å²) in [6.07, 6.45) is 13.0. The molecule has 2 heterocycles. The van der Waals surface area contributed by atoms with Gasteiger partial charge in [0.05, 0.1) is 11.4 Å². The topological polar surface area (TPSA) is 75.7 Å². The molecule has 1 atom stereocenters. The first kappa shape index (κ1) is 18.0. The molecule has 4 aliphatic carbocycles. The zero-order valence-electron chi connectivity index (χ0n) is 17.2. The van der Waals surface area contributed by atoms with Crippen molar-refractivity contribution >= 4 is 23.5 Å². The molecule has 0 N–H and O–H groups in total.